The molecule has 9 heteroatoms. The van der Waals surface area contributed by atoms with Crippen molar-refractivity contribution in [3.63, 3.8) is 0 Å². The molecule has 0 aromatic heterocycles. The lowest BCUT2D eigenvalue weighted by atomic mass is 10.2. The van der Waals surface area contributed by atoms with Crippen molar-refractivity contribution in [2.24, 2.45) is 0 Å². The van der Waals surface area contributed by atoms with Gasteiger partial charge >= 0.3 is 19.6 Å². The molecular weight excluding hydrogens is 313 g/mol. The number of benzene rings is 2. The van der Waals surface area contributed by atoms with Gasteiger partial charge in [-0.05, 0) is 24.3 Å². The zero-order chi connectivity index (χ0) is 17.0. The normalized spacial score (nSPS) is 10.0. The summed E-state index contributed by atoms with van der Waals surface area (Å²) in [6.45, 7) is 0. The first-order valence-corrected chi connectivity index (χ1v) is 6.20. The molecule has 0 aliphatic heterocycles. The van der Waals surface area contributed by atoms with E-state index in [1.165, 1.54) is 12.1 Å². The Bertz CT molecular complexity index is 701. The Morgan fingerprint density at radius 3 is 1.52 bits per heavy atom. The molecule has 2 aromatic carbocycles. The number of carboxylic acid groups (broad SMARTS) is 2. The monoisotopic (exact) mass is 322 g/mol. The largest absolute Gasteiger partial charge is 0.576 e. The highest BCUT2D eigenvalue weighted by Crippen LogP contribution is 2.18. The van der Waals surface area contributed by atoms with Gasteiger partial charge in [0.2, 0.25) is 0 Å². The first kappa shape index (κ1) is 16.3. The van der Waals surface area contributed by atoms with Gasteiger partial charge in [-0.25, -0.2) is 18.4 Å². The highest BCUT2D eigenvalue weighted by Gasteiger charge is 2.13. The van der Waals surface area contributed by atoms with Crippen LogP contribution in [-0.2, 0) is 0 Å². The molecule has 0 amide bonds. The van der Waals surface area contributed by atoms with Crippen LogP contribution in [0.15, 0.2) is 36.4 Å². The van der Waals surface area contributed by atoms with Crippen molar-refractivity contribution in [1.82, 2.24) is 0 Å². The van der Waals surface area contributed by atoms with E-state index >= 15 is 0 Å². The van der Waals surface area contributed by atoms with Gasteiger partial charge in [0.15, 0.2) is 0 Å². The molecule has 0 spiro atoms. The minimum atomic E-state index is -1.40. The van der Waals surface area contributed by atoms with E-state index < -0.39 is 42.4 Å². The second-order valence-electron chi connectivity index (χ2n) is 4.30. The predicted octanol–water partition coefficient (Wildman–Crippen LogP) is 2.09. The Hall–Kier alpha value is -3.10. The molecule has 0 saturated carbocycles. The van der Waals surface area contributed by atoms with Crippen LogP contribution in [0.1, 0.15) is 20.7 Å². The Balaban J connectivity index is 1.97. The third-order valence-electron chi connectivity index (χ3n) is 2.79. The van der Waals surface area contributed by atoms with Crippen LogP contribution in [0, 0.1) is 11.6 Å². The highest BCUT2D eigenvalue weighted by molar-refractivity contribution is 6.20. The zero-order valence-electron chi connectivity index (χ0n) is 11.5. The van der Waals surface area contributed by atoms with Crippen LogP contribution in [0.2, 0.25) is 0 Å². The molecule has 2 rings (SSSR count). The Kier molecular flexibility index (Phi) is 4.80. The fourth-order valence-corrected chi connectivity index (χ4v) is 1.68. The molecular formula is C14H9BF2O6. The van der Waals surface area contributed by atoms with E-state index in [-0.39, 0.29) is 11.5 Å². The summed E-state index contributed by atoms with van der Waals surface area (Å²) in [7, 11) is -0.405. The van der Waals surface area contributed by atoms with Crippen molar-refractivity contribution < 1.29 is 37.9 Å². The first-order valence-electron chi connectivity index (χ1n) is 6.20. The lowest BCUT2D eigenvalue weighted by Crippen LogP contribution is -2.12. The van der Waals surface area contributed by atoms with Crippen molar-refractivity contribution in [1.29, 1.82) is 0 Å². The van der Waals surface area contributed by atoms with Gasteiger partial charge in [-0.1, -0.05) is 0 Å². The van der Waals surface area contributed by atoms with E-state index in [2.05, 4.69) is 0 Å². The van der Waals surface area contributed by atoms with Crippen molar-refractivity contribution in [3.8, 4) is 11.5 Å². The van der Waals surface area contributed by atoms with E-state index in [1.807, 2.05) is 0 Å². The number of hydrogen-bond donors (Lipinski definition) is 2. The van der Waals surface area contributed by atoms with Crippen molar-refractivity contribution in [3.05, 3.63) is 59.2 Å². The van der Waals surface area contributed by atoms with E-state index in [0.29, 0.717) is 0 Å². The fraction of sp³-hybridized carbons (Fsp3) is 0. The molecule has 0 unspecified atom stereocenters. The second-order valence-corrected chi connectivity index (χ2v) is 4.30. The molecule has 6 nitrogen and oxygen atoms in total. The lowest BCUT2D eigenvalue weighted by molar-refractivity contribution is 0.0680. The van der Waals surface area contributed by atoms with Crippen molar-refractivity contribution >= 4 is 19.6 Å². The van der Waals surface area contributed by atoms with Crippen molar-refractivity contribution in [2.45, 2.75) is 0 Å². The Labute approximate surface area is 129 Å². The average Bonchev–Trinajstić information content (AvgIpc) is 2.46. The predicted molar refractivity (Wildman–Crippen MR) is 75.1 cm³/mol. The molecule has 23 heavy (non-hydrogen) atoms. The molecule has 0 aliphatic rings. The van der Waals surface area contributed by atoms with Crippen LogP contribution in [-0.4, -0.2) is 29.8 Å². The average molecular weight is 322 g/mol. The summed E-state index contributed by atoms with van der Waals surface area (Å²) in [6.07, 6.45) is 0. The van der Waals surface area contributed by atoms with Gasteiger partial charge in [-0.2, -0.15) is 0 Å². The molecule has 0 atom stereocenters. The topological polar surface area (TPSA) is 93.1 Å². The third kappa shape index (κ3) is 3.97. The third-order valence-corrected chi connectivity index (χ3v) is 2.79. The maximum atomic E-state index is 13.4. The summed E-state index contributed by atoms with van der Waals surface area (Å²) in [6, 6.07) is 6.30. The highest BCUT2D eigenvalue weighted by atomic mass is 19.1. The van der Waals surface area contributed by atoms with Crippen LogP contribution < -0.4 is 9.31 Å². The van der Waals surface area contributed by atoms with Gasteiger partial charge in [-0.15, -0.1) is 0 Å². The number of hydrogen-bond acceptors (Lipinski definition) is 4. The van der Waals surface area contributed by atoms with Crippen LogP contribution >= 0.6 is 0 Å². The van der Waals surface area contributed by atoms with Crippen LogP contribution in [0.3, 0.4) is 0 Å². The van der Waals surface area contributed by atoms with Crippen LogP contribution in [0.5, 0.6) is 11.5 Å². The number of carbonyl (C=O) groups is 2. The van der Waals surface area contributed by atoms with Gasteiger partial charge in [0.05, 0.1) is 11.1 Å². The quantitative estimate of drug-likeness (QED) is 0.791. The summed E-state index contributed by atoms with van der Waals surface area (Å²) in [5.74, 6) is -4.69. The molecule has 2 aromatic rings. The van der Waals surface area contributed by atoms with Crippen molar-refractivity contribution in [2.75, 3.05) is 0 Å². The van der Waals surface area contributed by atoms with E-state index in [9.17, 15) is 18.4 Å². The molecule has 118 valence electrons. The lowest BCUT2D eigenvalue weighted by Gasteiger charge is -2.08. The number of rotatable bonds is 6. The molecule has 0 heterocycles. The van der Waals surface area contributed by atoms with Crippen LogP contribution in [0.4, 0.5) is 8.78 Å². The summed E-state index contributed by atoms with van der Waals surface area (Å²) in [5, 5.41) is 17.4. The second kappa shape index (κ2) is 6.78. The fourth-order valence-electron chi connectivity index (χ4n) is 1.68. The summed E-state index contributed by atoms with van der Waals surface area (Å²) < 4.78 is 36.9. The smallest absolute Gasteiger partial charge is 0.528 e. The number of aromatic carboxylic acids is 2. The Morgan fingerprint density at radius 1 is 0.826 bits per heavy atom. The maximum Gasteiger partial charge on any atom is 0.576 e. The van der Waals surface area contributed by atoms with Gasteiger partial charge in [0.25, 0.3) is 0 Å². The maximum absolute atomic E-state index is 13.4. The SMILES string of the molecule is O=C(O)c1ccc(OBOc2ccc(C(=O)O)c(F)c2)cc1F. The van der Waals surface area contributed by atoms with E-state index in [1.54, 1.807) is 0 Å². The van der Waals surface area contributed by atoms with E-state index in [4.69, 9.17) is 19.5 Å². The van der Waals surface area contributed by atoms with Gasteiger partial charge < -0.3 is 19.5 Å². The molecule has 0 aliphatic carbocycles. The zero-order valence-corrected chi connectivity index (χ0v) is 11.5. The van der Waals surface area contributed by atoms with Gasteiger partial charge in [0, 0.05) is 12.1 Å². The molecule has 0 saturated heterocycles. The van der Waals surface area contributed by atoms with E-state index in [0.717, 1.165) is 24.3 Å². The summed E-state index contributed by atoms with van der Waals surface area (Å²) >= 11 is 0. The molecule has 0 radical (unpaired) electrons. The standard InChI is InChI=1S/C14H9BF2O6/c16-11-5-7(1-3-9(11)13(18)19)22-15-23-8-2-4-10(14(20)21)12(17)6-8/h1-6,15H,(H,18,19)(H,20,21). The first-order chi connectivity index (χ1) is 10.9. The van der Waals surface area contributed by atoms with Gasteiger partial charge in [0.1, 0.15) is 23.1 Å². The molecule has 0 fully saturated rings. The Morgan fingerprint density at radius 2 is 1.22 bits per heavy atom. The minimum absolute atomic E-state index is 0.0233. The number of carboxylic acids is 2. The summed E-state index contributed by atoms with van der Waals surface area (Å²) in [5.41, 5.74) is -0.991. The molecule has 0 bridgehead atoms. The molecule has 2 N–H and O–H groups in total. The van der Waals surface area contributed by atoms with Gasteiger partial charge in [-0.3, -0.25) is 0 Å². The number of halogens is 2. The van der Waals surface area contributed by atoms with Crippen LogP contribution in [0.25, 0.3) is 0 Å². The minimum Gasteiger partial charge on any atom is -0.528 e. The summed E-state index contributed by atoms with van der Waals surface area (Å²) in [4.78, 5) is 21.3.